The van der Waals surface area contributed by atoms with E-state index in [1.54, 1.807) is 42.5 Å². The van der Waals surface area contributed by atoms with E-state index in [4.69, 9.17) is 29.3 Å². The first kappa shape index (κ1) is 40.1. The summed E-state index contributed by atoms with van der Waals surface area (Å²) in [4.78, 5) is 12.8. The summed E-state index contributed by atoms with van der Waals surface area (Å²) in [5.41, 5.74) is 5.96. The minimum Gasteiger partial charge on any atom is -0.493 e. The van der Waals surface area contributed by atoms with Crippen molar-refractivity contribution in [2.24, 2.45) is 17.6 Å². The van der Waals surface area contributed by atoms with Crippen LogP contribution in [0.2, 0.25) is 5.82 Å². The standard InChI is InChI=1S/C31H57BN3O8S/c1-9-10-11-15-35(30(37)43-31(4,5)6)44(38)34-21-27(36)26(32-42-22-33)20-25(23(2)3)18-24-13-14-28(40-8)29(19-24)41-17-12-16-39-7/h13-14,19,23,25-27,34,36H,9-12,15-18,20-22,33H2,1-8H3/t25-,26-,27-,44?/m0/s1. The van der Waals surface area contributed by atoms with E-state index >= 15 is 0 Å². The van der Waals surface area contributed by atoms with Gasteiger partial charge in [0.2, 0.25) is 11.2 Å². The molecule has 0 bridgehead atoms. The van der Waals surface area contributed by atoms with Crippen LogP contribution in [0.3, 0.4) is 0 Å². The third-order valence-corrected chi connectivity index (χ3v) is 8.18. The molecule has 0 aromatic heterocycles. The first-order valence-electron chi connectivity index (χ1n) is 15.6. The number of benzene rings is 1. The Hall–Kier alpha value is -1.90. The molecule has 1 aromatic carbocycles. The molecule has 4 atom stereocenters. The molecule has 4 N–H and O–H groups in total. The Morgan fingerprint density at radius 2 is 1.86 bits per heavy atom. The number of nitrogens with zero attached hydrogens (tertiary/aromatic N) is 1. The van der Waals surface area contributed by atoms with Gasteiger partial charge < -0.3 is 34.4 Å². The highest BCUT2D eigenvalue weighted by Gasteiger charge is 2.30. The Kier molecular flexibility index (Phi) is 19.9. The molecule has 1 unspecified atom stereocenters. The number of aliphatic hydroxyl groups is 1. The molecule has 0 aliphatic heterocycles. The number of methoxy groups -OCH3 is 2. The van der Waals surface area contributed by atoms with Crippen molar-refractivity contribution < 1.29 is 37.7 Å². The number of aliphatic hydroxyl groups excluding tert-OH is 1. The van der Waals surface area contributed by atoms with Crippen molar-refractivity contribution >= 4 is 24.7 Å². The average molecular weight is 643 g/mol. The minimum absolute atomic E-state index is 0.0262. The zero-order valence-corrected chi connectivity index (χ0v) is 29.0. The molecule has 0 spiro atoms. The summed E-state index contributed by atoms with van der Waals surface area (Å²) in [7, 11) is 4.85. The van der Waals surface area contributed by atoms with Gasteiger partial charge in [0.15, 0.2) is 11.5 Å². The molecule has 13 heteroatoms. The molecule has 11 nitrogen and oxygen atoms in total. The van der Waals surface area contributed by atoms with Crippen LogP contribution in [-0.4, -0.2) is 86.2 Å². The number of rotatable bonds is 23. The molecule has 253 valence electrons. The normalized spacial score (nSPS) is 14.5. The SMILES string of the molecule is CCCCCN(C(=O)OC(C)(C)C)S(=O)NC[C@H](O)[C@@H]([B]OCN)C[C@H](Cc1ccc(OC)c(OCCCOC)c1)C(C)C. The number of carbonyl (C=O) groups excluding carboxylic acids is 1. The summed E-state index contributed by atoms with van der Waals surface area (Å²) in [5, 5.41) is 11.2. The molecule has 1 amide bonds. The lowest BCUT2D eigenvalue weighted by molar-refractivity contribution is 0.0393. The van der Waals surface area contributed by atoms with E-state index in [2.05, 4.69) is 25.5 Å². The zero-order chi connectivity index (χ0) is 33.1. The average Bonchev–Trinajstić information content (AvgIpc) is 2.96. The third-order valence-electron chi connectivity index (χ3n) is 7.03. The van der Waals surface area contributed by atoms with Gasteiger partial charge >= 0.3 is 6.09 Å². The molecule has 1 radical (unpaired) electrons. The van der Waals surface area contributed by atoms with Crippen molar-refractivity contribution in [3.8, 4) is 11.5 Å². The quantitative estimate of drug-likeness (QED) is 0.0886. The number of unbranched alkanes of at least 4 members (excludes halogenated alkanes) is 2. The fourth-order valence-corrected chi connectivity index (χ4v) is 5.46. The molecule has 0 aliphatic rings. The Balaban J connectivity index is 3.00. The van der Waals surface area contributed by atoms with Gasteiger partial charge in [-0.3, -0.25) is 0 Å². The van der Waals surface area contributed by atoms with Gasteiger partial charge in [-0.1, -0.05) is 39.7 Å². The first-order chi connectivity index (χ1) is 20.9. The van der Waals surface area contributed by atoms with Gasteiger partial charge in [-0.2, -0.15) is 0 Å². The molecule has 44 heavy (non-hydrogen) atoms. The highest BCUT2D eigenvalue weighted by Crippen LogP contribution is 2.33. The number of nitrogens with one attached hydrogen (secondary N) is 1. The zero-order valence-electron chi connectivity index (χ0n) is 28.1. The van der Waals surface area contributed by atoms with Crippen LogP contribution >= 0.6 is 0 Å². The number of hydrogen-bond acceptors (Lipinski definition) is 9. The Labute approximate surface area is 268 Å². The van der Waals surface area contributed by atoms with E-state index in [1.807, 2.05) is 18.2 Å². The lowest BCUT2D eigenvalue weighted by Gasteiger charge is -2.30. The Morgan fingerprint density at radius 1 is 1.14 bits per heavy atom. The topological polar surface area (TPSA) is 142 Å². The van der Waals surface area contributed by atoms with E-state index in [0.29, 0.717) is 37.6 Å². The third kappa shape index (κ3) is 15.9. The second-order valence-electron chi connectivity index (χ2n) is 12.2. The van der Waals surface area contributed by atoms with E-state index in [-0.39, 0.29) is 31.7 Å². The van der Waals surface area contributed by atoms with Gasteiger partial charge in [-0.15, -0.1) is 0 Å². The lowest BCUT2D eigenvalue weighted by Crippen LogP contribution is -2.45. The van der Waals surface area contributed by atoms with Gasteiger partial charge in [0.1, 0.15) is 5.60 Å². The van der Waals surface area contributed by atoms with Crippen LogP contribution in [0.5, 0.6) is 11.5 Å². The fourth-order valence-electron chi connectivity index (χ4n) is 4.52. The van der Waals surface area contributed by atoms with Crippen LogP contribution in [0.15, 0.2) is 18.2 Å². The summed E-state index contributed by atoms with van der Waals surface area (Å²) >= 11 is -1.90. The monoisotopic (exact) mass is 642 g/mol. The van der Waals surface area contributed by atoms with Gasteiger partial charge in [0, 0.05) is 33.2 Å². The second-order valence-corrected chi connectivity index (χ2v) is 13.4. The van der Waals surface area contributed by atoms with E-state index in [1.165, 1.54) is 4.31 Å². The number of ether oxygens (including phenoxy) is 4. The lowest BCUT2D eigenvalue weighted by atomic mass is 9.68. The first-order valence-corrected chi connectivity index (χ1v) is 16.7. The largest absolute Gasteiger partial charge is 0.493 e. The maximum atomic E-state index is 13.2. The molecule has 0 saturated heterocycles. The van der Waals surface area contributed by atoms with Crippen LogP contribution in [0.4, 0.5) is 4.79 Å². The summed E-state index contributed by atoms with van der Waals surface area (Å²) in [6.45, 7) is 13.0. The number of carbonyl (C=O) groups is 1. The summed E-state index contributed by atoms with van der Waals surface area (Å²) in [5.74, 6) is 1.39. The number of amides is 1. The number of nitrogens with two attached hydrogens (primary N) is 1. The second kappa shape index (κ2) is 21.8. The smallest absolute Gasteiger partial charge is 0.423 e. The highest BCUT2D eigenvalue weighted by molar-refractivity contribution is 7.81. The van der Waals surface area contributed by atoms with Crippen LogP contribution in [0, 0.1) is 11.8 Å². The predicted molar refractivity (Wildman–Crippen MR) is 176 cm³/mol. The van der Waals surface area contributed by atoms with Crippen molar-refractivity contribution in [3.63, 3.8) is 0 Å². The number of hydrogen-bond donors (Lipinski definition) is 3. The molecule has 1 rings (SSSR count). The van der Waals surface area contributed by atoms with Crippen molar-refractivity contribution in [3.05, 3.63) is 23.8 Å². The van der Waals surface area contributed by atoms with Crippen LogP contribution in [0.1, 0.15) is 79.2 Å². The molecule has 0 aliphatic carbocycles. The van der Waals surface area contributed by atoms with Crippen molar-refractivity contribution in [2.75, 3.05) is 47.3 Å². The van der Waals surface area contributed by atoms with Gasteiger partial charge in [-0.25, -0.2) is 18.0 Å². The van der Waals surface area contributed by atoms with E-state index in [9.17, 15) is 14.1 Å². The molecule has 0 heterocycles. The van der Waals surface area contributed by atoms with Gasteiger partial charge in [-0.05, 0) is 75.4 Å². The Bertz CT molecular complexity index is 966. The predicted octanol–water partition coefficient (Wildman–Crippen LogP) is 4.61. The van der Waals surface area contributed by atoms with Crippen LogP contribution < -0.4 is 19.9 Å². The van der Waals surface area contributed by atoms with Gasteiger partial charge in [0.05, 0.1) is 26.6 Å². The van der Waals surface area contributed by atoms with E-state index < -0.39 is 34.8 Å². The fraction of sp³-hybridized carbons (Fsp3) is 0.774. The van der Waals surface area contributed by atoms with Crippen molar-refractivity contribution in [1.29, 1.82) is 0 Å². The van der Waals surface area contributed by atoms with Crippen LogP contribution in [0.25, 0.3) is 0 Å². The maximum Gasteiger partial charge on any atom is 0.423 e. The molecule has 1 aromatic rings. The molecular formula is C31H57BN3O8S. The molecule has 0 fully saturated rings. The maximum absolute atomic E-state index is 13.2. The Morgan fingerprint density at radius 3 is 2.45 bits per heavy atom. The van der Waals surface area contributed by atoms with Crippen molar-refractivity contribution in [2.45, 2.75) is 97.6 Å². The highest BCUT2D eigenvalue weighted by atomic mass is 32.2. The summed E-state index contributed by atoms with van der Waals surface area (Å²) in [6, 6.07) is 5.93. The van der Waals surface area contributed by atoms with Gasteiger partial charge in [0.25, 0.3) is 7.48 Å². The summed E-state index contributed by atoms with van der Waals surface area (Å²) in [6.07, 6.45) is 3.02. The summed E-state index contributed by atoms with van der Waals surface area (Å²) < 4.78 is 44.7. The minimum atomic E-state index is -1.90. The molecule has 0 saturated carbocycles. The van der Waals surface area contributed by atoms with E-state index in [0.717, 1.165) is 31.2 Å². The molecular weight excluding hydrogens is 585 g/mol. The van der Waals surface area contributed by atoms with Crippen molar-refractivity contribution in [1.82, 2.24) is 9.03 Å². The van der Waals surface area contributed by atoms with Crippen LogP contribution in [-0.2, 0) is 31.7 Å².